The average molecular weight is 451 g/mol. The van der Waals surface area contributed by atoms with Crippen molar-refractivity contribution >= 4 is 10.8 Å². The lowest BCUT2D eigenvalue weighted by atomic mass is 9.77. The molecule has 1 fully saturated rings. The van der Waals surface area contributed by atoms with Crippen LogP contribution in [0.1, 0.15) is 80.0 Å². The molecule has 0 aliphatic heterocycles. The highest BCUT2D eigenvalue weighted by Gasteiger charge is 2.21. The van der Waals surface area contributed by atoms with E-state index < -0.39 is 0 Å². The van der Waals surface area contributed by atoms with E-state index in [1.165, 1.54) is 49.7 Å². The van der Waals surface area contributed by atoms with Crippen molar-refractivity contribution in [3.63, 3.8) is 0 Å². The van der Waals surface area contributed by atoms with Crippen LogP contribution < -0.4 is 0 Å². The van der Waals surface area contributed by atoms with Gasteiger partial charge in [-0.3, -0.25) is 0 Å². The van der Waals surface area contributed by atoms with Gasteiger partial charge in [-0.25, -0.2) is 4.39 Å². The highest BCUT2D eigenvalue weighted by atomic mass is 19.1. The van der Waals surface area contributed by atoms with Crippen molar-refractivity contribution in [2.75, 3.05) is 0 Å². The van der Waals surface area contributed by atoms with Crippen LogP contribution in [-0.4, -0.2) is 0 Å². The summed E-state index contributed by atoms with van der Waals surface area (Å²) in [5.41, 5.74) is 4.00. The minimum atomic E-state index is -0.233. The number of allylic oxidation sites excluding steroid dienone is 3. The third-order valence-electron chi connectivity index (χ3n) is 7.20. The van der Waals surface area contributed by atoms with Gasteiger partial charge in [-0.1, -0.05) is 66.5 Å². The van der Waals surface area contributed by atoms with Crippen LogP contribution in [0.5, 0.6) is 0 Å². The fourth-order valence-electron chi connectivity index (χ4n) is 5.12. The van der Waals surface area contributed by atoms with Gasteiger partial charge < -0.3 is 0 Å². The van der Waals surface area contributed by atoms with Crippen LogP contribution >= 0.6 is 0 Å². The van der Waals surface area contributed by atoms with E-state index in [-0.39, 0.29) is 5.82 Å². The van der Waals surface area contributed by atoms with E-state index >= 15 is 4.39 Å². The van der Waals surface area contributed by atoms with Crippen molar-refractivity contribution in [1.29, 1.82) is 0 Å². The number of rotatable bonds is 7. The summed E-state index contributed by atoms with van der Waals surface area (Å²) >= 11 is 0. The molecule has 0 unspecified atom stereocenters. The van der Waals surface area contributed by atoms with E-state index in [2.05, 4.69) is 67.8 Å². The molecule has 1 aliphatic rings. The van der Waals surface area contributed by atoms with Gasteiger partial charge in [0.05, 0.1) is 5.56 Å². The average Bonchev–Trinajstić information content (AvgIpc) is 2.88. The van der Waals surface area contributed by atoms with Crippen molar-refractivity contribution < 1.29 is 4.39 Å². The maximum absolute atomic E-state index is 15.1. The predicted molar refractivity (Wildman–Crippen MR) is 144 cm³/mol. The van der Waals surface area contributed by atoms with Gasteiger partial charge in [-0.15, -0.1) is 6.58 Å². The molecule has 0 nitrogen and oxygen atoms in total. The molecule has 4 rings (SSSR count). The molecule has 0 heterocycles. The first-order chi connectivity index (χ1) is 16.7. The molecular formula is C33H35F. The van der Waals surface area contributed by atoms with Crippen molar-refractivity contribution in [3.8, 4) is 11.8 Å². The Morgan fingerprint density at radius 3 is 2.47 bits per heavy atom. The number of fused-ring (bicyclic) bond motifs is 1. The molecule has 0 spiro atoms. The van der Waals surface area contributed by atoms with Crippen molar-refractivity contribution in [1.82, 2.24) is 0 Å². The zero-order chi connectivity index (χ0) is 23.8. The molecule has 1 heteroatoms. The first-order valence-corrected chi connectivity index (χ1v) is 12.7. The van der Waals surface area contributed by atoms with Crippen molar-refractivity contribution in [3.05, 3.63) is 107 Å². The monoisotopic (exact) mass is 450 g/mol. The first-order valence-electron chi connectivity index (χ1n) is 12.7. The summed E-state index contributed by atoms with van der Waals surface area (Å²) < 4.78 is 15.1. The van der Waals surface area contributed by atoms with E-state index in [9.17, 15) is 0 Å². The molecule has 3 aromatic carbocycles. The standard InChI is InChI=1S/C33H35F/c1-3-5-7-9-25-10-16-28(17-11-25)29-18-12-26(13-19-29)14-20-30-21-22-31-24-27(8-6-4-2)15-23-32(31)33(30)34/h3-5,12-13,15,18-19,21-25,28H,2,6-11,16-17H2,1H3/b5-3+. The molecule has 0 saturated heterocycles. The summed E-state index contributed by atoms with van der Waals surface area (Å²) in [5.74, 6) is 7.53. The minimum Gasteiger partial charge on any atom is -0.205 e. The number of aryl methyl sites for hydroxylation is 1. The smallest absolute Gasteiger partial charge is 0.146 e. The van der Waals surface area contributed by atoms with Crippen LogP contribution in [0.4, 0.5) is 4.39 Å². The molecule has 3 aromatic rings. The van der Waals surface area contributed by atoms with Crippen LogP contribution in [0.3, 0.4) is 0 Å². The number of benzene rings is 3. The SMILES string of the molecule is C=CCCc1ccc2c(F)c(C#Cc3ccc(C4CCC(CC/C=C/C)CC4)cc3)ccc2c1. The molecule has 0 atom stereocenters. The van der Waals surface area contributed by atoms with Crippen molar-refractivity contribution in [2.45, 2.75) is 64.2 Å². The number of halogens is 1. The molecule has 0 bridgehead atoms. The van der Waals surface area contributed by atoms with Gasteiger partial charge in [-0.05, 0) is 105 Å². The molecule has 1 aliphatic carbocycles. The van der Waals surface area contributed by atoms with Gasteiger partial charge in [0, 0.05) is 10.9 Å². The van der Waals surface area contributed by atoms with Gasteiger partial charge in [0.15, 0.2) is 0 Å². The number of hydrogen-bond donors (Lipinski definition) is 0. The quantitative estimate of drug-likeness (QED) is 0.249. The van der Waals surface area contributed by atoms with Gasteiger partial charge in [0.2, 0.25) is 0 Å². The topological polar surface area (TPSA) is 0 Å². The molecule has 174 valence electrons. The maximum Gasteiger partial charge on any atom is 0.146 e. The fraction of sp³-hybridized carbons (Fsp3) is 0.333. The minimum absolute atomic E-state index is 0.233. The molecular weight excluding hydrogens is 415 g/mol. The second-order valence-corrected chi connectivity index (χ2v) is 9.55. The van der Waals surface area contributed by atoms with Crippen LogP contribution in [0.2, 0.25) is 0 Å². The summed E-state index contributed by atoms with van der Waals surface area (Å²) in [6.45, 7) is 5.88. The van der Waals surface area contributed by atoms with Crippen LogP contribution in [0, 0.1) is 23.6 Å². The summed E-state index contributed by atoms with van der Waals surface area (Å²) in [6.07, 6.45) is 16.0. The Hall–Kier alpha value is -3.11. The molecule has 0 radical (unpaired) electrons. The van der Waals surface area contributed by atoms with Gasteiger partial charge >= 0.3 is 0 Å². The van der Waals surface area contributed by atoms with Crippen LogP contribution in [-0.2, 0) is 6.42 Å². The summed E-state index contributed by atoms with van der Waals surface area (Å²) in [4.78, 5) is 0. The Morgan fingerprint density at radius 1 is 0.941 bits per heavy atom. The summed E-state index contributed by atoms with van der Waals surface area (Å²) in [6, 6.07) is 18.3. The number of hydrogen-bond acceptors (Lipinski definition) is 0. The van der Waals surface area contributed by atoms with Crippen LogP contribution in [0.15, 0.2) is 79.4 Å². The molecule has 0 amide bonds. The van der Waals surface area contributed by atoms with E-state index in [4.69, 9.17) is 0 Å². The van der Waals surface area contributed by atoms with E-state index in [0.717, 1.165) is 29.7 Å². The largest absolute Gasteiger partial charge is 0.205 e. The third kappa shape index (κ3) is 6.06. The third-order valence-corrected chi connectivity index (χ3v) is 7.20. The van der Waals surface area contributed by atoms with Gasteiger partial charge in [-0.2, -0.15) is 0 Å². The highest BCUT2D eigenvalue weighted by molar-refractivity contribution is 5.85. The Balaban J connectivity index is 1.40. The van der Waals surface area contributed by atoms with Crippen LogP contribution in [0.25, 0.3) is 10.8 Å². The normalized spacial score (nSPS) is 18.1. The molecule has 1 saturated carbocycles. The maximum atomic E-state index is 15.1. The summed E-state index contributed by atoms with van der Waals surface area (Å²) in [5, 5.41) is 1.55. The van der Waals surface area contributed by atoms with E-state index in [0.29, 0.717) is 16.9 Å². The summed E-state index contributed by atoms with van der Waals surface area (Å²) in [7, 11) is 0. The molecule has 0 aromatic heterocycles. The zero-order valence-electron chi connectivity index (χ0n) is 20.3. The lowest BCUT2D eigenvalue weighted by Crippen LogP contribution is -2.13. The second-order valence-electron chi connectivity index (χ2n) is 9.55. The Morgan fingerprint density at radius 2 is 1.74 bits per heavy atom. The Bertz CT molecular complexity index is 1200. The molecule has 34 heavy (non-hydrogen) atoms. The second kappa shape index (κ2) is 11.8. The fourth-order valence-corrected chi connectivity index (χ4v) is 5.12. The first kappa shape index (κ1) is 24.0. The lowest BCUT2D eigenvalue weighted by Gasteiger charge is -2.28. The van der Waals surface area contributed by atoms with E-state index in [1.54, 1.807) is 6.07 Å². The molecule has 0 N–H and O–H groups in total. The Kier molecular flexibility index (Phi) is 8.37. The zero-order valence-corrected chi connectivity index (χ0v) is 20.3. The Labute approximate surface area is 204 Å². The van der Waals surface area contributed by atoms with Gasteiger partial charge in [0.25, 0.3) is 0 Å². The van der Waals surface area contributed by atoms with Crippen molar-refractivity contribution in [2.24, 2.45) is 5.92 Å². The highest BCUT2D eigenvalue weighted by Crippen LogP contribution is 2.37. The predicted octanol–water partition coefficient (Wildman–Crippen LogP) is 9.13. The van der Waals surface area contributed by atoms with Gasteiger partial charge in [0.1, 0.15) is 5.82 Å². The lowest BCUT2D eigenvalue weighted by molar-refractivity contribution is 0.312. The van der Waals surface area contributed by atoms with E-state index in [1.807, 2.05) is 24.3 Å².